The Labute approximate surface area is 322 Å². The molecule has 0 bridgehead atoms. The Bertz CT molecular complexity index is 1510. The molecule has 0 N–H and O–H groups in total. The van der Waals surface area contributed by atoms with Gasteiger partial charge in [0.05, 0.1) is 0 Å². The van der Waals surface area contributed by atoms with Crippen molar-refractivity contribution in [3.8, 4) is 0 Å². The van der Waals surface area contributed by atoms with E-state index in [9.17, 15) is 0 Å². The number of hydrogen-bond donors (Lipinski definition) is 0. The predicted molar refractivity (Wildman–Crippen MR) is 212 cm³/mol. The van der Waals surface area contributed by atoms with Gasteiger partial charge in [0.1, 0.15) is 0 Å². The van der Waals surface area contributed by atoms with Crippen LogP contribution in [-0.4, -0.2) is 39.5 Å². The molecular formula is C46H40Sn2Ti. The third-order valence-electron chi connectivity index (χ3n) is 7.49. The summed E-state index contributed by atoms with van der Waals surface area (Å²) >= 11 is -3.96. The van der Waals surface area contributed by atoms with Crippen molar-refractivity contribution in [2.24, 2.45) is 0 Å². The first-order valence-corrected chi connectivity index (χ1v) is 24.9. The van der Waals surface area contributed by atoms with Gasteiger partial charge in [-0.1, -0.05) is 0 Å². The maximum absolute atomic E-state index is 2.29. The third-order valence-corrected chi connectivity index (χ3v) is 23.1. The summed E-state index contributed by atoms with van der Waals surface area (Å²) in [6.07, 6.45) is 0. The molecule has 0 amide bonds. The molecule has 0 atom stereocenters. The van der Waals surface area contributed by atoms with E-state index in [-0.39, 0.29) is 21.7 Å². The molecule has 0 nitrogen and oxygen atoms in total. The number of benzene rings is 6. The van der Waals surface area contributed by atoms with Crippen LogP contribution in [-0.2, 0) is 21.7 Å². The summed E-state index contributed by atoms with van der Waals surface area (Å²) < 4.78 is 9.18. The van der Waals surface area contributed by atoms with Crippen LogP contribution in [0.1, 0.15) is 0 Å². The van der Waals surface area contributed by atoms with Gasteiger partial charge < -0.3 is 0 Å². The van der Waals surface area contributed by atoms with Gasteiger partial charge in [0.2, 0.25) is 0 Å². The van der Waals surface area contributed by atoms with Gasteiger partial charge in [-0.3, -0.25) is 0 Å². The van der Waals surface area contributed by atoms with Crippen LogP contribution in [0.2, 0.25) is 0 Å². The third kappa shape index (κ3) is 12.9. The van der Waals surface area contributed by atoms with E-state index in [1.165, 1.54) is 21.5 Å². The molecule has 8 rings (SSSR count). The van der Waals surface area contributed by atoms with E-state index in [0.717, 1.165) is 0 Å². The molecule has 0 saturated heterocycles. The zero-order valence-corrected chi connectivity index (χ0v) is 34.9. The van der Waals surface area contributed by atoms with E-state index in [0.29, 0.717) is 0 Å². The van der Waals surface area contributed by atoms with E-state index >= 15 is 0 Å². The molecule has 49 heavy (non-hydrogen) atoms. The average Bonchev–Trinajstić information content (AvgIpc) is 3.96. The quantitative estimate of drug-likeness (QED) is 0.123. The Morgan fingerprint density at radius 2 is 0.388 bits per heavy atom. The molecule has 8 aromatic rings. The first-order chi connectivity index (χ1) is 23.9. The minimum absolute atomic E-state index is 0. The molecule has 0 aliphatic heterocycles. The number of rotatable bonds is 6. The van der Waals surface area contributed by atoms with Crippen molar-refractivity contribution in [1.82, 2.24) is 0 Å². The average molecular weight is 878 g/mol. The van der Waals surface area contributed by atoms with E-state index in [4.69, 9.17) is 0 Å². The second-order valence-electron chi connectivity index (χ2n) is 10.9. The van der Waals surface area contributed by atoms with Gasteiger partial charge in [0.15, 0.2) is 0 Å². The summed E-state index contributed by atoms with van der Waals surface area (Å²) in [4.78, 5) is 0. The van der Waals surface area contributed by atoms with Gasteiger partial charge in [0.25, 0.3) is 0 Å². The zero-order chi connectivity index (χ0) is 32.9. The Hall–Kier alpha value is -3.67. The van der Waals surface area contributed by atoms with Crippen LogP contribution in [0.3, 0.4) is 0 Å². The molecule has 0 heterocycles. The van der Waals surface area contributed by atoms with Crippen molar-refractivity contribution < 1.29 is 21.7 Å². The van der Waals surface area contributed by atoms with Gasteiger partial charge in [-0.05, 0) is 0 Å². The summed E-state index contributed by atoms with van der Waals surface area (Å²) in [5.74, 6) is 0. The van der Waals surface area contributed by atoms with Crippen LogP contribution >= 0.6 is 0 Å². The molecule has 3 heteroatoms. The van der Waals surface area contributed by atoms with Crippen LogP contribution in [0.4, 0.5) is 0 Å². The predicted octanol–water partition coefficient (Wildman–Crippen LogP) is 7.21. The van der Waals surface area contributed by atoms with E-state index in [1.807, 2.05) is 60.7 Å². The first-order valence-electron chi connectivity index (χ1n) is 16.3. The number of hydrogen-bond acceptors (Lipinski definition) is 0. The minimum atomic E-state index is -1.98. The van der Waals surface area contributed by atoms with Crippen molar-refractivity contribution in [3.63, 3.8) is 0 Å². The summed E-state index contributed by atoms with van der Waals surface area (Å²) in [6, 6.07) is 85.9. The summed E-state index contributed by atoms with van der Waals surface area (Å²) in [6.45, 7) is 0. The fourth-order valence-corrected chi connectivity index (χ4v) is 20.0. The van der Waals surface area contributed by atoms with Gasteiger partial charge >= 0.3 is 265 Å². The maximum atomic E-state index is 2.29. The molecule has 0 aliphatic carbocycles. The summed E-state index contributed by atoms with van der Waals surface area (Å²) in [7, 11) is 0. The standard InChI is InChI=1S/6C6H5.2C5H5.2Sn.Ti/c6*1-2-4-6-5-3-1;2*1-2-4-5-3-1;;;/h6*1-5H;2*1-5H;;;/q;;;;;;2*-1;;;+2. The topological polar surface area (TPSA) is 0 Å². The Balaban J connectivity index is 0.000000169. The first kappa shape index (κ1) is 38.1. The monoisotopic (exact) mass is 880 g/mol. The molecular weight excluding hydrogens is 838 g/mol. The Kier molecular flexibility index (Phi) is 17.8. The van der Waals surface area contributed by atoms with Crippen LogP contribution in [0, 0.1) is 0 Å². The van der Waals surface area contributed by atoms with Crippen molar-refractivity contribution in [3.05, 3.63) is 243 Å². The fourth-order valence-electron chi connectivity index (χ4n) is 5.27. The van der Waals surface area contributed by atoms with Crippen LogP contribution in [0.5, 0.6) is 0 Å². The zero-order valence-electron chi connectivity index (χ0n) is 27.6. The molecule has 0 aromatic heterocycles. The second-order valence-corrected chi connectivity index (χ2v) is 25.0. The summed E-state index contributed by atoms with van der Waals surface area (Å²) in [5, 5.41) is 0. The fraction of sp³-hybridized carbons (Fsp3) is 0. The molecule has 8 aromatic carbocycles. The van der Waals surface area contributed by atoms with E-state index in [1.54, 1.807) is 0 Å². The van der Waals surface area contributed by atoms with Crippen LogP contribution in [0.15, 0.2) is 243 Å². The van der Waals surface area contributed by atoms with Crippen molar-refractivity contribution in [1.29, 1.82) is 0 Å². The second kappa shape index (κ2) is 22.9. The molecule has 0 spiro atoms. The van der Waals surface area contributed by atoms with Crippen molar-refractivity contribution in [2.75, 3.05) is 0 Å². The molecule has 0 fully saturated rings. The van der Waals surface area contributed by atoms with Crippen LogP contribution in [0.25, 0.3) is 0 Å². The molecule has 0 aliphatic rings. The van der Waals surface area contributed by atoms with Crippen molar-refractivity contribution in [2.45, 2.75) is 0 Å². The van der Waals surface area contributed by atoms with Gasteiger partial charge in [-0.15, -0.1) is 0 Å². The normalized spacial score (nSPS) is 9.84. The van der Waals surface area contributed by atoms with E-state index in [2.05, 4.69) is 182 Å². The van der Waals surface area contributed by atoms with Gasteiger partial charge in [-0.2, -0.15) is 36.4 Å². The van der Waals surface area contributed by atoms with E-state index < -0.39 is 39.5 Å². The molecule has 0 unspecified atom stereocenters. The van der Waals surface area contributed by atoms with Crippen molar-refractivity contribution >= 4 is 61.0 Å². The summed E-state index contributed by atoms with van der Waals surface area (Å²) in [5.41, 5.74) is 0. The molecule has 236 valence electrons. The van der Waals surface area contributed by atoms with Gasteiger partial charge in [-0.25, -0.2) is 24.3 Å². The Morgan fingerprint density at radius 1 is 0.224 bits per heavy atom. The van der Waals surface area contributed by atoms with Gasteiger partial charge in [0, 0.05) is 0 Å². The molecule has 2 radical (unpaired) electrons. The van der Waals surface area contributed by atoms with Crippen LogP contribution < -0.4 is 21.5 Å². The SMILES string of the molecule is [Ti+2].c1cc[cH-]c1.c1cc[cH-]c1.c1cc[c]([Sn]([c]2ccccc2)[c]2ccccc2)cc1.c1cc[c]([Sn]([c]2ccccc2)[c]2ccccc2)cc1. The Morgan fingerprint density at radius 3 is 0.510 bits per heavy atom. The molecule has 0 saturated carbocycles.